The first-order valence-electron chi connectivity index (χ1n) is 4.52. The van der Waals surface area contributed by atoms with E-state index in [1.807, 2.05) is 6.92 Å². The molecule has 1 aromatic carbocycles. The number of halogens is 1. The lowest BCUT2D eigenvalue weighted by molar-refractivity contribution is 0.0759. The van der Waals surface area contributed by atoms with E-state index in [2.05, 4.69) is 48.0 Å². The van der Waals surface area contributed by atoms with Crippen LogP contribution in [0, 0.1) is 6.92 Å². The zero-order chi connectivity index (χ0) is 9.84. The Kier molecular flexibility index (Phi) is 3.94. The highest BCUT2D eigenvalue weighted by Crippen LogP contribution is 2.23. The van der Waals surface area contributed by atoms with Crippen LogP contribution >= 0.6 is 15.9 Å². The zero-order valence-corrected chi connectivity index (χ0v) is 9.89. The molecule has 0 aliphatic heterocycles. The van der Waals surface area contributed by atoms with Crippen molar-refractivity contribution >= 4 is 15.9 Å². The Morgan fingerprint density at radius 1 is 1.46 bits per heavy atom. The van der Waals surface area contributed by atoms with Gasteiger partial charge in [-0.15, -0.1) is 0 Å². The van der Waals surface area contributed by atoms with Crippen molar-refractivity contribution < 1.29 is 4.74 Å². The molecule has 0 fully saturated rings. The first kappa shape index (κ1) is 10.7. The number of benzene rings is 1. The minimum atomic E-state index is 0.193. The van der Waals surface area contributed by atoms with Gasteiger partial charge in [-0.05, 0) is 44.0 Å². The van der Waals surface area contributed by atoms with Crippen LogP contribution in [0.1, 0.15) is 31.1 Å². The molecule has 1 nitrogen and oxygen atoms in total. The van der Waals surface area contributed by atoms with Gasteiger partial charge >= 0.3 is 0 Å². The van der Waals surface area contributed by atoms with Crippen molar-refractivity contribution in [3.8, 4) is 0 Å². The van der Waals surface area contributed by atoms with Crippen LogP contribution in [0.15, 0.2) is 22.7 Å². The van der Waals surface area contributed by atoms with Gasteiger partial charge in [0.25, 0.3) is 0 Å². The predicted octanol–water partition coefficient (Wildman–Crippen LogP) is 3.86. The van der Waals surface area contributed by atoms with Gasteiger partial charge < -0.3 is 4.74 Å². The van der Waals surface area contributed by atoms with Gasteiger partial charge in [-0.2, -0.15) is 0 Å². The minimum Gasteiger partial charge on any atom is -0.374 e. The minimum absolute atomic E-state index is 0.193. The summed E-state index contributed by atoms with van der Waals surface area (Å²) in [7, 11) is 0. The Morgan fingerprint density at radius 2 is 2.15 bits per heavy atom. The molecule has 0 aromatic heterocycles. The van der Waals surface area contributed by atoms with E-state index in [-0.39, 0.29) is 6.10 Å². The van der Waals surface area contributed by atoms with Crippen molar-refractivity contribution in [3.63, 3.8) is 0 Å². The van der Waals surface area contributed by atoms with Gasteiger partial charge in [0, 0.05) is 11.1 Å². The van der Waals surface area contributed by atoms with E-state index in [1.54, 1.807) is 0 Å². The Hall–Kier alpha value is -0.340. The van der Waals surface area contributed by atoms with Crippen LogP contribution in [0.5, 0.6) is 0 Å². The number of hydrogen-bond donors (Lipinski definition) is 0. The number of aryl methyl sites for hydroxylation is 1. The summed E-state index contributed by atoms with van der Waals surface area (Å²) >= 11 is 3.44. The molecule has 1 rings (SSSR count). The summed E-state index contributed by atoms with van der Waals surface area (Å²) in [6, 6.07) is 6.28. The van der Waals surface area contributed by atoms with Gasteiger partial charge in [0.2, 0.25) is 0 Å². The molecule has 1 atom stereocenters. The van der Waals surface area contributed by atoms with Crippen LogP contribution in [-0.2, 0) is 4.74 Å². The summed E-state index contributed by atoms with van der Waals surface area (Å²) in [5, 5.41) is 0. The molecule has 1 unspecified atom stereocenters. The van der Waals surface area contributed by atoms with Gasteiger partial charge in [-0.25, -0.2) is 0 Å². The van der Waals surface area contributed by atoms with Crippen LogP contribution < -0.4 is 0 Å². The van der Waals surface area contributed by atoms with Crippen LogP contribution in [0.2, 0.25) is 0 Å². The van der Waals surface area contributed by atoms with E-state index in [0.29, 0.717) is 0 Å². The third-order valence-corrected chi connectivity index (χ3v) is 2.58. The lowest BCUT2D eigenvalue weighted by Crippen LogP contribution is -2.01. The van der Waals surface area contributed by atoms with Gasteiger partial charge in [-0.1, -0.05) is 22.0 Å². The van der Waals surface area contributed by atoms with E-state index in [0.717, 1.165) is 11.1 Å². The average Bonchev–Trinajstić information content (AvgIpc) is 2.04. The monoisotopic (exact) mass is 242 g/mol. The first-order chi connectivity index (χ1) is 6.15. The highest BCUT2D eigenvalue weighted by molar-refractivity contribution is 9.10. The topological polar surface area (TPSA) is 9.23 Å². The summed E-state index contributed by atoms with van der Waals surface area (Å²) in [5.74, 6) is 0. The number of hydrogen-bond acceptors (Lipinski definition) is 1. The highest BCUT2D eigenvalue weighted by Gasteiger charge is 2.07. The molecule has 0 aliphatic rings. The van der Waals surface area contributed by atoms with Crippen LogP contribution in [0.4, 0.5) is 0 Å². The highest BCUT2D eigenvalue weighted by atomic mass is 79.9. The molecular formula is C11H15BrO. The molecule has 0 radical (unpaired) electrons. The largest absolute Gasteiger partial charge is 0.374 e. The van der Waals surface area contributed by atoms with E-state index < -0.39 is 0 Å². The third kappa shape index (κ3) is 2.82. The summed E-state index contributed by atoms with van der Waals surface area (Å²) < 4.78 is 6.66. The molecule has 72 valence electrons. The molecule has 0 saturated heterocycles. The lowest BCUT2D eigenvalue weighted by Gasteiger charge is -2.14. The molecule has 0 spiro atoms. The molecular weight excluding hydrogens is 228 g/mol. The molecule has 1 aromatic rings. The zero-order valence-electron chi connectivity index (χ0n) is 8.30. The molecule has 0 heterocycles. The Bertz CT molecular complexity index is 283. The normalized spacial score (nSPS) is 12.9. The molecule has 0 bridgehead atoms. The standard InChI is InChI=1S/C11H15BrO/c1-4-13-9(3)11-6-5-10(12)7-8(11)2/h5-7,9H,4H2,1-3H3. The quantitative estimate of drug-likeness (QED) is 0.783. The van der Waals surface area contributed by atoms with Crippen LogP contribution in [0.25, 0.3) is 0 Å². The second kappa shape index (κ2) is 4.77. The van der Waals surface area contributed by atoms with Gasteiger partial charge in [0.05, 0.1) is 6.10 Å². The maximum absolute atomic E-state index is 5.53. The maximum Gasteiger partial charge on any atom is 0.0799 e. The van der Waals surface area contributed by atoms with Crippen molar-refractivity contribution in [1.29, 1.82) is 0 Å². The number of ether oxygens (including phenoxy) is 1. The second-order valence-corrected chi connectivity index (χ2v) is 4.01. The predicted molar refractivity (Wildman–Crippen MR) is 58.9 cm³/mol. The van der Waals surface area contributed by atoms with Crippen molar-refractivity contribution in [2.45, 2.75) is 26.9 Å². The molecule has 13 heavy (non-hydrogen) atoms. The Morgan fingerprint density at radius 3 is 2.69 bits per heavy atom. The molecule has 0 aliphatic carbocycles. The first-order valence-corrected chi connectivity index (χ1v) is 5.32. The summed E-state index contributed by atoms with van der Waals surface area (Å²) in [6.45, 7) is 6.97. The fourth-order valence-corrected chi connectivity index (χ4v) is 1.91. The van der Waals surface area contributed by atoms with Gasteiger partial charge in [0.15, 0.2) is 0 Å². The van der Waals surface area contributed by atoms with Crippen molar-refractivity contribution in [3.05, 3.63) is 33.8 Å². The summed E-state index contributed by atoms with van der Waals surface area (Å²) in [5.41, 5.74) is 2.54. The fourth-order valence-electron chi connectivity index (χ4n) is 1.44. The van der Waals surface area contributed by atoms with E-state index in [4.69, 9.17) is 4.74 Å². The second-order valence-electron chi connectivity index (χ2n) is 3.10. The fraction of sp³-hybridized carbons (Fsp3) is 0.455. The van der Waals surface area contributed by atoms with Gasteiger partial charge in [0.1, 0.15) is 0 Å². The average molecular weight is 243 g/mol. The molecule has 2 heteroatoms. The van der Waals surface area contributed by atoms with E-state index in [9.17, 15) is 0 Å². The Balaban J connectivity index is 2.88. The lowest BCUT2D eigenvalue weighted by atomic mass is 10.0. The summed E-state index contributed by atoms with van der Waals surface area (Å²) in [4.78, 5) is 0. The molecule has 0 amide bonds. The Labute approximate surface area is 88.2 Å². The summed E-state index contributed by atoms with van der Waals surface area (Å²) in [6.07, 6.45) is 0.193. The van der Waals surface area contributed by atoms with Gasteiger partial charge in [-0.3, -0.25) is 0 Å². The number of rotatable bonds is 3. The van der Waals surface area contributed by atoms with E-state index in [1.165, 1.54) is 11.1 Å². The van der Waals surface area contributed by atoms with E-state index >= 15 is 0 Å². The van der Waals surface area contributed by atoms with Crippen LogP contribution in [0.3, 0.4) is 0 Å². The SMILES string of the molecule is CCOC(C)c1ccc(Br)cc1C. The van der Waals surface area contributed by atoms with Crippen LogP contribution in [-0.4, -0.2) is 6.61 Å². The van der Waals surface area contributed by atoms with Crippen molar-refractivity contribution in [2.24, 2.45) is 0 Å². The van der Waals surface area contributed by atoms with Crippen molar-refractivity contribution in [2.75, 3.05) is 6.61 Å². The smallest absolute Gasteiger partial charge is 0.0799 e. The molecule has 0 N–H and O–H groups in total. The maximum atomic E-state index is 5.53. The molecule has 0 saturated carbocycles. The van der Waals surface area contributed by atoms with Crippen molar-refractivity contribution in [1.82, 2.24) is 0 Å². The third-order valence-electron chi connectivity index (χ3n) is 2.09.